The maximum Gasteiger partial charge on any atom is 0.232 e. The summed E-state index contributed by atoms with van der Waals surface area (Å²) >= 11 is 5.56. The van der Waals surface area contributed by atoms with Crippen LogP contribution in [0.4, 0.5) is 10.3 Å². The smallest absolute Gasteiger partial charge is 0.232 e. The van der Waals surface area contributed by atoms with Crippen LogP contribution in [0.2, 0.25) is 0 Å². The fraction of sp³-hybridized carbons (Fsp3) is 0.500. The van der Waals surface area contributed by atoms with E-state index in [9.17, 15) is 4.39 Å². The lowest BCUT2D eigenvalue weighted by atomic mass is 10.1. The van der Waals surface area contributed by atoms with E-state index in [-0.39, 0.29) is 5.82 Å². The first-order valence-corrected chi connectivity index (χ1v) is 9.98. The number of hydrogen-bond acceptors (Lipinski definition) is 4. The van der Waals surface area contributed by atoms with E-state index < -0.39 is 0 Å². The first-order valence-electron chi connectivity index (χ1n) is 9.57. The molecule has 1 aromatic carbocycles. The van der Waals surface area contributed by atoms with Crippen LogP contribution in [0.5, 0.6) is 0 Å². The molecule has 2 aromatic rings. The van der Waals surface area contributed by atoms with Crippen molar-refractivity contribution in [2.45, 2.75) is 40.7 Å². The van der Waals surface area contributed by atoms with Gasteiger partial charge < -0.3 is 19.6 Å². The van der Waals surface area contributed by atoms with Gasteiger partial charge in [-0.2, -0.15) is 0 Å². The molecule has 0 unspecified atom stereocenters. The van der Waals surface area contributed by atoms with Crippen molar-refractivity contribution in [3.63, 3.8) is 0 Å². The number of anilines is 1. The minimum absolute atomic E-state index is 0.270. The quantitative estimate of drug-likeness (QED) is 0.637. The second kappa shape index (κ2) is 10.3. The molecule has 1 N–H and O–H groups in total. The molecule has 0 aliphatic heterocycles. The zero-order valence-corrected chi connectivity index (χ0v) is 17.4. The van der Waals surface area contributed by atoms with Gasteiger partial charge in [-0.25, -0.2) is 4.39 Å². The van der Waals surface area contributed by atoms with Crippen molar-refractivity contribution < 1.29 is 8.91 Å². The summed E-state index contributed by atoms with van der Waals surface area (Å²) in [5.74, 6) is 0.480. The molecule has 0 spiro atoms. The summed E-state index contributed by atoms with van der Waals surface area (Å²) in [5.41, 5.74) is 2.54. The van der Waals surface area contributed by atoms with Gasteiger partial charge in [0.1, 0.15) is 11.5 Å². The number of nitrogens with one attached hydrogen (secondary N) is 1. The van der Waals surface area contributed by atoms with E-state index in [0.29, 0.717) is 6.54 Å². The van der Waals surface area contributed by atoms with Gasteiger partial charge in [-0.05, 0) is 63.7 Å². The Hall–Kier alpha value is -2.15. The van der Waals surface area contributed by atoms with E-state index in [1.807, 2.05) is 6.92 Å². The number of nitrogens with zero attached hydrogens (tertiary/aromatic N) is 3. The zero-order chi connectivity index (χ0) is 19.8. The summed E-state index contributed by atoms with van der Waals surface area (Å²) in [7, 11) is 0. The van der Waals surface area contributed by atoms with E-state index in [1.54, 1.807) is 12.1 Å². The van der Waals surface area contributed by atoms with Gasteiger partial charge in [0.05, 0.1) is 12.1 Å². The highest BCUT2D eigenvalue weighted by Gasteiger charge is 2.24. The van der Waals surface area contributed by atoms with Gasteiger partial charge in [-0.15, -0.1) is 0 Å². The second-order valence-corrected chi connectivity index (χ2v) is 6.64. The van der Waals surface area contributed by atoms with E-state index >= 15 is 0 Å². The molecule has 0 bridgehead atoms. The van der Waals surface area contributed by atoms with E-state index in [4.69, 9.17) is 16.7 Å². The van der Waals surface area contributed by atoms with Crippen LogP contribution in [0.15, 0.2) is 28.8 Å². The van der Waals surface area contributed by atoms with Crippen LogP contribution in [0.3, 0.4) is 0 Å². The minimum Gasteiger partial charge on any atom is -0.363 e. The van der Waals surface area contributed by atoms with Gasteiger partial charge in [-0.1, -0.05) is 12.1 Å². The monoisotopic (exact) mass is 392 g/mol. The van der Waals surface area contributed by atoms with Crippen molar-refractivity contribution in [2.75, 3.05) is 31.1 Å². The van der Waals surface area contributed by atoms with E-state index in [2.05, 4.69) is 41.0 Å². The molecule has 148 valence electrons. The molecule has 0 saturated heterocycles. The summed E-state index contributed by atoms with van der Waals surface area (Å²) in [4.78, 5) is 4.27. The van der Waals surface area contributed by atoms with Crippen LogP contribution in [-0.2, 0) is 6.54 Å². The summed E-state index contributed by atoms with van der Waals surface area (Å²) in [6.45, 7) is 12.1. The Kier molecular flexibility index (Phi) is 8.03. The molecule has 0 amide bonds. The first kappa shape index (κ1) is 21.2. The second-order valence-electron chi connectivity index (χ2n) is 6.25. The predicted molar refractivity (Wildman–Crippen MR) is 112 cm³/mol. The van der Waals surface area contributed by atoms with Crippen LogP contribution in [0.25, 0.3) is 11.3 Å². The molecule has 5 nitrogen and oxygen atoms in total. The van der Waals surface area contributed by atoms with Crippen molar-refractivity contribution >= 4 is 23.2 Å². The average molecular weight is 393 g/mol. The third kappa shape index (κ3) is 5.19. The highest BCUT2D eigenvalue weighted by atomic mass is 32.1. The number of hydrogen-bond donors (Lipinski definition) is 1. The average Bonchev–Trinajstić information content (AvgIpc) is 3.07. The molecule has 0 aliphatic carbocycles. The lowest BCUT2D eigenvalue weighted by Crippen LogP contribution is -2.40. The number of aromatic nitrogens is 1. The van der Waals surface area contributed by atoms with Crippen LogP contribution in [0.1, 0.15) is 39.7 Å². The molecular weight excluding hydrogens is 363 g/mol. The molecule has 7 heteroatoms. The third-order valence-electron chi connectivity index (χ3n) is 4.39. The van der Waals surface area contributed by atoms with E-state index in [1.165, 1.54) is 12.1 Å². The lowest BCUT2D eigenvalue weighted by Gasteiger charge is -2.26. The number of halogens is 1. The zero-order valence-electron chi connectivity index (χ0n) is 16.6. The summed E-state index contributed by atoms with van der Waals surface area (Å²) in [5, 5.41) is 8.27. The van der Waals surface area contributed by atoms with Gasteiger partial charge in [0.25, 0.3) is 0 Å². The van der Waals surface area contributed by atoms with Crippen molar-refractivity contribution in [2.24, 2.45) is 0 Å². The Morgan fingerprint density at radius 3 is 2.37 bits per heavy atom. The standard InChI is InChI=1S/C20H29FN4OS/c1-5-13-25(20(27)22-6-2)14-17-18(15-9-11-16(21)12-10-15)23-26-19(17)24(7-3)8-4/h9-12H,5-8,13-14H2,1-4H3,(H,22,27). The van der Waals surface area contributed by atoms with Crippen LogP contribution in [-0.4, -0.2) is 41.3 Å². The largest absolute Gasteiger partial charge is 0.363 e. The summed E-state index contributed by atoms with van der Waals surface area (Å²) in [6, 6.07) is 6.35. The molecule has 27 heavy (non-hydrogen) atoms. The number of thiocarbonyl (C=S) groups is 1. The molecule has 1 heterocycles. The molecular formula is C20H29FN4OS. The van der Waals surface area contributed by atoms with Gasteiger partial charge in [0.2, 0.25) is 5.88 Å². The molecule has 0 radical (unpaired) electrons. The fourth-order valence-corrected chi connectivity index (χ4v) is 3.31. The SMILES string of the molecule is CCCN(Cc1c(-c2ccc(F)cc2)noc1N(CC)CC)C(=S)NCC. The van der Waals surface area contributed by atoms with E-state index in [0.717, 1.165) is 60.4 Å². The van der Waals surface area contributed by atoms with Crippen molar-refractivity contribution in [3.8, 4) is 11.3 Å². The van der Waals surface area contributed by atoms with Gasteiger partial charge in [-0.3, -0.25) is 0 Å². The minimum atomic E-state index is -0.270. The fourth-order valence-electron chi connectivity index (χ4n) is 3.01. The van der Waals surface area contributed by atoms with Gasteiger partial charge in [0.15, 0.2) is 5.11 Å². The maximum atomic E-state index is 13.4. The molecule has 0 aliphatic rings. The lowest BCUT2D eigenvalue weighted by molar-refractivity contribution is 0.396. The highest BCUT2D eigenvalue weighted by Crippen LogP contribution is 2.32. The van der Waals surface area contributed by atoms with Crippen LogP contribution in [0, 0.1) is 5.82 Å². The highest BCUT2D eigenvalue weighted by molar-refractivity contribution is 7.80. The topological polar surface area (TPSA) is 44.5 Å². The van der Waals surface area contributed by atoms with Crippen molar-refractivity contribution in [1.29, 1.82) is 0 Å². The third-order valence-corrected chi connectivity index (χ3v) is 4.80. The molecule has 0 atom stereocenters. The first-order chi connectivity index (χ1) is 13.0. The molecule has 0 fully saturated rings. The Balaban J connectivity index is 2.47. The van der Waals surface area contributed by atoms with Crippen molar-refractivity contribution in [1.82, 2.24) is 15.4 Å². The Morgan fingerprint density at radius 2 is 1.81 bits per heavy atom. The number of rotatable bonds is 9. The Bertz CT molecular complexity index is 728. The normalized spacial score (nSPS) is 10.7. The number of benzene rings is 1. The molecule has 1 aromatic heterocycles. The maximum absolute atomic E-state index is 13.4. The van der Waals surface area contributed by atoms with Crippen molar-refractivity contribution in [3.05, 3.63) is 35.6 Å². The van der Waals surface area contributed by atoms with Gasteiger partial charge >= 0.3 is 0 Å². The van der Waals surface area contributed by atoms with Gasteiger partial charge in [0, 0.05) is 31.7 Å². The van der Waals surface area contributed by atoms with Crippen LogP contribution < -0.4 is 10.2 Å². The molecule has 0 saturated carbocycles. The summed E-state index contributed by atoms with van der Waals surface area (Å²) < 4.78 is 19.1. The summed E-state index contributed by atoms with van der Waals surface area (Å²) in [6.07, 6.45) is 0.975. The van der Waals surface area contributed by atoms with Crippen LogP contribution >= 0.6 is 12.2 Å². The Labute approximate surface area is 166 Å². The predicted octanol–water partition coefficient (Wildman–Crippen LogP) is 4.43. The Morgan fingerprint density at radius 1 is 1.15 bits per heavy atom. The molecule has 2 rings (SSSR count).